The van der Waals surface area contributed by atoms with Gasteiger partial charge in [-0.2, -0.15) is 0 Å². The van der Waals surface area contributed by atoms with Crippen LogP contribution >= 0.6 is 0 Å². The Morgan fingerprint density at radius 1 is 1.31 bits per heavy atom. The second-order valence-corrected chi connectivity index (χ2v) is 4.27. The summed E-state index contributed by atoms with van der Waals surface area (Å²) in [4.78, 5) is 0. The van der Waals surface area contributed by atoms with Gasteiger partial charge in [-0.1, -0.05) is 18.2 Å². The van der Waals surface area contributed by atoms with Crippen molar-refractivity contribution in [1.29, 1.82) is 0 Å². The average molecular weight is 252 g/mol. The molecule has 0 heterocycles. The minimum atomic E-state index is -4.45. The fraction of sp³-hybridized carbons (Fsp3) is 0.333. The van der Waals surface area contributed by atoms with Gasteiger partial charge >= 0.3 is 29.6 Å². The summed E-state index contributed by atoms with van der Waals surface area (Å²) in [6.45, 7) is 0.558. The van der Waals surface area contributed by atoms with Gasteiger partial charge in [0.25, 0.3) is 0 Å². The first-order valence-corrected chi connectivity index (χ1v) is 5.85. The smallest absolute Gasteiger partial charge is 0.731 e. The van der Waals surface area contributed by atoms with E-state index in [1.165, 1.54) is 0 Å². The molecule has 1 N–H and O–H groups in total. The first-order chi connectivity index (χ1) is 7.05. The van der Waals surface area contributed by atoms with Gasteiger partial charge in [-0.3, -0.25) is 4.31 Å². The van der Waals surface area contributed by atoms with Gasteiger partial charge in [-0.25, -0.2) is 8.42 Å². The Hall–Kier alpha value is -0.110. The van der Waals surface area contributed by atoms with Crippen LogP contribution in [0.4, 0.5) is 5.69 Å². The maximum absolute atomic E-state index is 11.0. The molecule has 16 heavy (non-hydrogen) atoms. The summed E-state index contributed by atoms with van der Waals surface area (Å²) in [5, 5.41) is 2.80. The largest absolute Gasteiger partial charge is 1.00 e. The molecule has 1 aromatic rings. The van der Waals surface area contributed by atoms with Crippen LogP contribution in [0, 0.1) is 0 Å². The minimum absolute atomic E-state index is 0. The Balaban J connectivity index is 0.00000225. The summed E-state index contributed by atoms with van der Waals surface area (Å²) in [5.74, 6) is 0. The number of hydrogen-bond donors (Lipinski definition) is 1. The SMILES string of the molecule is CNCCN(c1ccccc1)S(=O)(=O)[O-].[Na+]. The molecule has 0 spiro atoms. The van der Waals surface area contributed by atoms with Crippen LogP contribution in [0.3, 0.4) is 0 Å². The van der Waals surface area contributed by atoms with Crippen molar-refractivity contribution in [3.05, 3.63) is 30.3 Å². The van der Waals surface area contributed by atoms with Crippen molar-refractivity contribution in [2.45, 2.75) is 0 Å². The minimum Gasteiger partial charge on any atom is -0.731 e. The zero-order chi connectivity index (χ0) is 11.3. The molecule has 1 rings (SSSR count). The first kappa shape index (κ1) is 15.9. The average Bonchev–Trinajstić information content (AvgIpc) is 2.18. The number of para-hydroxylation sites is 1. The van der Waals surface area contributed by atoms with Gasteiger partial charge in [0, 0.05) is 13.1 Å². The number of nitrogens with one attached hydrogen (secondary N) is 1. The fourth-order valence-electron chi connectivity index (χ4n) is 1.18. The third-order valence-corrected chi connectivity index (χ3v) is 2.81. The molecular weight excluding hydrogens is 239 g/mol. The van der Waals surface area contributed by atoms with Crippen LogP contribution in [-0.4, -0.2) is 33.1 Å². The molecule has 0 unspecified atom stereocenters. The van der Waals surface area contributed by atoms with Crippen LogP contribution in [0.25, 0.3) is 0 Å². The molecule has 84 valence electrons. The molecule has 0 aliphatic heterocycles. The molecule has 0 aromatic heterocycles. The van der Waals surface area contributed by atoms with Gasteiger partial charge in [0.05, 0.1) is 5.69 Å². The zero-order valence-electron chi connectivity index (χ0n) is 9.38. The van der Waals surface area contributed by atoms with Gasteiger partial charge < -0.3 is 9.87 Å². The summed E-state index contributed by atoms with van der Waals surface area (Å²) >= 11 is 0. The Morgan fingerprint density at radius 2 is 1.88 bits per heavy atom. The van der Waals surface area contributed by atoms with Crippen molar-refractivity contribution in [1.82, 2.24) is 5.32 Å². The number of nitrogens with zero attached hydrogens (tertiary/aromatic N) is 1. The van der Waals surface area contributed by atoms with Crippen molar-refractivity contribution in [2.24, 2.45) is 0 Å². The van der Waals surface area contributed by atoms with Crippen LogP contribution < -0.4 is 39.2 Å². The van der Waals surface area contributed by atoms with E-state index in [2.05, 4.69) is 5.32 Å². The third kappa shape index (κ3) is 4.82. The summed E-state index contributed by atoms with van der Waals surface area (Å²) in [6, 6.07) is 8.31. The molecule has 0 radical (unpaired) electrons. The van der Waals surface area contributed by atoms with Gasteiger partial charge in [-0.05, 0) is 19.2 Å². The predicted octanol–water partition coefficient (Wildman–Crippen LogP) is -2.82. The number of benzene rings is 1. The van der Waals surface area contributed by atoms with Gasteiger partial charge in [0.1, 0.15) is 0 Å². The van der Waals surface area contributed by atoms with Crippen LogP contribution in [-0.2, 0) is 10.3 Å². The molecule has 0 fully saturated rings. The third-order valence-electron chi connectivity index (χ3n) is 1.88. The van der Waals surface area contributed by atoms with Crippen LogP contribution in [0.5, 0.6) is 0 Å². The van der Waals surface area contributed by atoms with E-state index >= 15 is 0 Å². The van der Waals surface area contributed by atoms with Crippen molar-refractivity contribution in [3.8, 4) is 0 Å². The molecule has 0 bridgehead atoms. The van der Waals surface area contributed by atoms with Crippen LogP contribution in [0.1, 0.15) is 0 Å². The summed E-state index contributed by atoms with van der Waals surface area (Å²) in [7, 11) is -2.75. The molecule has 0 saturated carbocycles. The van der Waals surface area contributed by atoms with E-state index in [0.717, 1.165) is 4.31 Å². The number of anilines is 1. The molecule has 0 atom stereocenters. The molecule has 0 aliphatic carbocycles. The molecular formula is C9H13N2NaO3S. The topological polar surface area (TPSA) is 72.5 Å². The summed E-state index contributed by atoms with van der Waals surface area (Å²) < 4.78 is 33.8. The quantitative estimate of drug-likeness (QED) is 0.453. The molecule has 0 amide bonds. The zero-order valence-corrected chi connectivity index (χ0v) is 12.2. The van der Waals surface area contributed by atoms with E-state index in [9.17, 15) is 13.0 Å². The van der Waals surface area contributed by atoms with Crippen LogP contribution in [0.2, 0.25) is 0 Å². The van der Waals surface area contributed by atoms with Crippen molar-refractivity contribution < 1.29 is 42.5 Å². The van der Waals surface area contributed by atoms with E-state index < -0.39 is 10.3 Å². The van der Waals surface area contributed by atoms with Crippen molar-refractivity contribution >= 4 is 16.0 Å². The fourth-order valence-corrected chi connectivity index (χ4v) is 1.87. The van der Waals surface area contributed by atoms with Crippen molar-refractivity contribution in [3.63, 3.8) is 0 Å². The van der Waals surface area contributed by atoms with Crippen molar-refractivity contribution in [2.75, 3.05) is 24.4 Å². The van der Waals surface area contributed by atoms with Crippen LogP contribution in [0.15, 0.2) is 30.3 Å². The van der Waals surface area contributed by atoms with Gasteiger partial charge in [0.15, 0.2) is 10.3 Å². The van der Waals surface area contributed by atoms with Gasteiger partial charge in [0.2, 0.25) is 0 Å². The Kier molecular flexibility index (Phi) is 7.21. The maximum Gasteiger partial charge on any atom is 1.00 e. The summed E-state index contributed by atoms with van der Waals surface area (Å²) in [5.41, 5.74) is 0.391. The number of likely N-dealkylation sites (N-methyl/N-ethyl adjacent to an activating group) is 1. The normalized spacial score (nSPS) is 10.6. The molecule has 7 heteroatoms. The second kappa shape index (κ2) is 7.26. The molecule has 0 aliphatic rings. The van der Waals surface area contributed by atoms with E-state index in [0.29, 0.717) is 12.2 Å². The Morgan fingerprint density at radius 3 is 2.31 bits per heavy atom. The molecule has 5 nitrogen and oxygen atoms in total. The molecule has 0 saturated heterocycles. The summed E-state index contributed by atoms with van der Waals surface area (Å²) in [6.07, 6.45) is 0. The first-order valence-electron chi connectivity index (χ1n) is 4.49. The van der Waals surface area contributed by atoms with Gasteiger partial charge in [-0.15, -0.1) is 0 Å². The predicted molar refractivity (Wildman–Crippen MR) is 57.4 cm³/mol. The van der Waals surface area contributed by atoms with E-state index in [1.54, 1.807) is 37.4 Å². The van der Waals surface area contributed by atoms with E-state index in [4.69, 9.17) is 0 Å². The number of rotatable bonds is 5. The van der Waals surface area contributed by atoms with E-state index in [-0.39, 0.29) is 36.1 Å². The second-order valence-electron chi connectivity index (χ2n) is 2.97. The Bertz CT molecular complexity index is 396. The number of hydrogen-bond acceptors (Lipinski definition) is 4. The maximum atomic E-state index is 11.0. The molecule has 1 aromatic carbocycles. The van der Waals surface area contributed by atoms with E-state index in [1.807, 2.05) is 0 Å². The monoisotopic (exact) mass is 252 g/mol. The Labute approximate surface area is 118 Å². The standard InChI is InChI=1S/C9H14N2O3S.Na/c1-10-7-8-11(15(12,13)14)9-5-3-2-4-6-9;/h2-6,10H,7-8H2,1H3,(H,12,13,14);/q;+1/p-1.